The summed E-state index contributed by atoms with van der Waals surface area (Å²) in [7, 11) is 0. The number of aliphatic hydroxyl groups is 1. The van der Waals surface area contributed by atoms with Gasteiger partial charge in [0, 0.05) is 18.2 Å². The molecular weight excluding hydrogens is 274 g/mol. The van der Waals surface area contributed by atoms with Gasteiger partial charge in [-0.25, -0.2) is 0 Å². The molecule has 0 aromatic heterocycles. The first-order valence-electron chi connectivity index (χ1n) is 7.29. The molecule has 0 bridgehead atoms. The van der Waals surface area contributed by atoms with Crippen molar-refractivity contribution in [1.82, 2.24) is 5.32 Å². The molecule has 1 aliphatic heterocycles. The van der Waals surface area contributed by atoms with Crippen molar-refractivity contribution >= 4 is 0 Å². The first-order valence-corrected chi connectivity index (χ1v) is 7.29. The molecule has 2 rings (SSSR count). The molecule has 6 heteroatoms. The van der Waals surface area contributed by atoms with E-state index in [0.29, 0.717) is 25.6 Å². The van der Waals surface area contributed by atoms with Crippen molar-refractivity contribution in [3.8, 4) is 17.2 Å². The number of fused-ring (bicyclic) bond motifs is 1. The number of nitrogens with one attached hydrogen (secondary N) is 1. The normalized spacial score (nSPS) is 12.7. The maximum Gasteiger partial charge on any atom is 0.231 e. The zero-order valence-electron chi connectivity index (χ0n) is 12.4. The zero-order chi connectivity index (χ0) is 14.9. The fraction of sp³-hybridized carbons (Fsp3) is 0.600. The first kappa shape index (κ1) is 15.9. The minimum atomic E-state index is 0.0240. The van der Waals surface area contributed by atoms with Gasteiger partial charge in [0.1, 0.15) is 12.4 Å². The lowest BCUT2D eigenvalue weighted by atomic mass is 10.1. The Balaban J connectivity index is 1.95. The van der Waals surface area contributed by atoms with Crippen LogP contribution in [0.1, 0.15) is 18.9 Å². The molecule has 0 aliphatic carbocycles. The van der Waals surface area contributed by atoms with E-state index in [0.717, 1.165) is 36.6 Å². The Hall–Kier alpha value is -1.50. The average Bonchev–Trinajstić information content (AvgIpc) is 2.94. The molecule has 0 atom stereocenters. The minimum Gasteiger partial charge on any atom is -0.491 e. The molecular formula is C15H23NO5. The molecule has 1 aromatic rings. The van der Waals surface area contributed by atoms with Crippen molar-refractivity contribution in [1.29, 1.82) is 0 Å². The van der Waals surface area contributed by atoms with Gasteiger partial charge in [-0.15, -0.1) is 0 Å². The molecule has 6 nitrogen and oxygen atoms in total. The van der Waals surface area contributed by atoms with Crippen LogP contribution in [0.4, 0.5) is 0 Å². The van der Waals surface area contributed by atoms with E-state index in [1.807, 2.05) is 12.1 Å². The van der Waals surface area contributed by atoms with E-state index in [4.69, 9.17) is 24.1 Å². The Morgan fingerprint density at radius 1 is 1.19 bits per heavy atom. The van der Waals surface area contributed by atoms with E-state index in [1.54, 1.807) is 0 Å². The van der Waals surface area contributed by atoms with Gasteiger partial charge in [0.05, 0.1) is 19.8 Å². The summed E-state index contributed by atoms with van der Waals surface area (Å²) in [6.07, 6.45) is 1.08. The van der Waals surface area contributed by atoms with Crippen LogP contribution in [0.2, 0.25) is 0 Å². The van der Waals surface area contributed by atoms with E-state index in [2.05, 4.69) is 12.2 Å². The highest BCUT2D eigenvalue weighted by Crippen LogP contribution is 2.38. The number of ether oxygens (including phenoxy) is 4. The molecule has 1 aliphatic rings. The lowest BCUT2D eigenvalue weighted by Crippen LogP contribution is -2.15. The van der Waals surface area contributed by atoms with Gasteiger partial charge in [-0.3, -0.25) is 0 Å². The van der Waals surface area contributed by atoms with Gasteiger partial charge in [0.15, 0.2) is 11.5 Å². The largest absolute Gasteiger partial charge is 0.491 e. The molecule has 2 N–H and O–H groups in total. The highest BCUT2D eigenvalue weighted by Gasteiger charge is 2.17. The van der Waals surface area contributed by atoms with Crippen LogP contribution in [-0.2, 0) is 11.3 Å². The number of benzene rings is 1. The van der Waals surface area contributed by atoms with E-state index < -0.39 is 0 Å². The summed E-state index contributed by atoms with van der Waals surface area (Å²) in [5.74, 6) is 2.24. The van der Waals surface area contributed by atoms with Crippen LogP contribution < -0.4 is 19.5 Å². The van der Waals surface area contributed by atoms with Gasteiger partial charge in [0.2, 0.25) is 6.79 Å². The summed E-state index contributed by atoms with van der Waals surface area (Å²) < 4.78 is 21.7. The standard InChI is InChI=1S/C15H23NO5/c1-2-3-16-10-12-8-14-15(21-11-20-14)9-13(12)19-7-6-18-5-4-17/h8-9,16-17H,2-7,10-11H2,1H3. The van der Waals surface area contributed by atoms with Crippen LogP contribution in [0.3, 0.4) is 0 Å². The zero-order valence-corrected chi connectivity index (χ0v) is 12.4. The van der Waals surface area contributed by atoms with Gasteiger partial charge in [0.25, 0.3) is 0 Å². The second-order valence-corrected chi connectivity index (χ2v) is 4.67. The summed E-state index contributed by atoms with van der Waals surface area (Å²) in [4.78, 5) is 0. The van der Waals surface area contributed by atoms with Crippen LogP contribution in [0.15, 0.2) is 12.1 Å². The Kier molecular flexibility index (Phi) is 6.59. The van der Waals surface area contributed by atoms with Gasteiger partial charge in [-0.1, -0.05) is 6.92 Å². The molecule has 0 saturated heterocycles. The number of hydrogen-bond donors (Lipinski definition) is 2. The second-order valence-electron chi connectivity index (χ2n) is 4.67. The highest BCUT2D eigenvalue weighted by molar-refractivity contribution is 5.51. The van der Waals surface area contributed by atoms with Gasteiger partial charge >= 0.3 is 0 Å². The topological polar surface area (TPSA) is 69.2 Å². The Morgan fingerprint density at radius 2 is 2.00 bits per heavy atom. The molecule has 0 fully saturated rings. The molecule has 21 heavy (non-hydrogen) atoms. The van der Waals surface area contributed by atoms with Gasteiger partial charge in [-0.2, -0.15) is 0 Å². The maximum atomic E-state index is 8.65. The molecule has 0 saturated carbocycles. The van der Waals surface area contributed by atoms with Crippen LogP contribution >= 0.6 is 0 Å². The van der Waals surface area contributed by atoms with Crippen molar-refractivity contribution in [3.63, 3.8) is 0 Å². The van der Waals surface area contributed by atoms with Crippen LogP contribution in [0, 0.1) is 0 Å². The average molecular weight is 297 g/mol. The van der Waals surface area contributed by atoms with Crippen molar-refractivity contribution < 1.29 is 24.1 Å². The Morgan fingerprint density at radius 3 is 2.76 bits per heavy atom. The van der Waals surface area contributed by atoms with Crippen LogP contribution in [0.5, 0.6) is 17.2 Å². The van der Waals surface area contributed by atoms with Crippen molar-refractivity contribution in [2.24, 2.45) is 0 Å². The van der Waals surface area contributed by atoms with Crippen molar-refractivity contribution in [2.45, 2.75) is 19.9 Å². The molecule has 1 heterocycles. The molecule has 0 unspecified atom stereocenters. The molecule has 1 aromatic carbocycles. The van der Waals surface area contributed by atoms with Crippen LogP contribution in [0.25, 0.3) is 0 Å². The first-order chi connectivity index (χ1) is 10.3. The molecule has 0 spiro atoms. The Bertz CT molecular complexity index is 438. The number of aliphatic hydroxyl groups excluding tert-OH is 1. The highest BCUT2D eigenvalue weighted by atomic mass is 16.7. The monoisotopic (exact) mass is 297 g/mol. The van der Waals surface area contributed by atoms with Gasteiger partial charge < -0.3 is 29.4 Å². The van der Waals surface area contributed by atoms with E-state index in [9.17, 15) is 0 Å². The lowest BCUT2D eigenvalue weighted by Gasteiger charge is -2.13. The van der Waals surface area contributed by atoms with E-state index >= 15 is 0 Å². The van der Waals surface area contributed by atoms with Crippen LogP contribution in [-0.4, -0.2) is 44.9 Å². The Labute approximate surface area is 125 Å². The predicted octanol–water partition coefficient (Wildman–Crippen LogP) is 1.30. The summed E-state index contributed by atoms with van der Waals surface area (Å²) >= 11 is 0. The van der Waals surface area contributed by atoms with Crippen molar-refractivity contribution in [2.75, 3.05) is 39.8 Å². The summed E-state index contributed by atoms with van der Waals surface area (Å²) in [5.41, 5.74) is 1.04. The van der Waals surface area contributed by atoms with E-state index in [-0.39, 0.29) is 13.4 Å². The summed E-state index contributed by atoms with van der Waals surface area (Å²) in [6.45, 7) is 5.27. The smallest absolute Gasteiger partial charge is 0.231 e. The quantitative estimate of drug-likeness (QED) is 0.635. The minimum absolute atomic E-state index is 0.0240. The second kappa shape index (κ2) is 8.71. The number of rotatable bonds is 10. The third kappa shape index (κ3) is 4.77. The summed E-state index contributed by atoms with van der Waals surface area (Å²) in [5, 5.41) is 12.0. The fourth-order valence-electron chi connectivity index (χ4n) is 2.01. The number of hydrogen-bond acceptors (Lipinski definition) is 6. The molecule has 118 valence electrons. The summed E-state index contributed by atoms with van der Waals surface area (Å²) in [6, 6.07) is 3.81. The SMILES string of the molecule is CCCNCc1cc2c(cc1OCCOCCO)OCO2. The lowest BCUT2D eigenvalue weighted by molar-refractivity contribution is 0.0702. The third-order valence-electron chi connectivity index (χ3n) is 3.02. The molecule has 0 radical (unpaired) electrons. The predicted molar refractivity (Wildman–Crippen MR) is 78.0 cm³/mol. The third-order valence-corrected chi connectivity index (χ3v) is 3.02. The maximum absolute atomic E-state index is 8.65. The molecule has 0 amide bonds. The van der Waals surface area contributed by atoms with Crippen molar-refractivity contribution in [3.05, 3.63) is 17.7 Å². The fourth-order valence-corrected chi connectivity index (χ4v) is 2.01. The van der Waals surface area contributed by atoms with E-state index in [1.165, 1.54) is 0 Å². The van der Waals surface area contributed by atoms with Gasteiger partial charge in [-0.05, 0) is 19.0 Å².